The van der Waals surface area contributed by atoms with Crippen molar-refractivity contribution in [3.05, 3.63) is 89.0 Å². The third kappa shape index (κ3) is 6.69. The van der Waals surface area contributed by atoms with Crippen molar-refractivity contribution < 1.29 is 32.7 Å². The first-order valence-corrected chi connectivity index (χ1v) is 14.6. The van der Waals surface area contributed by atoms with Crippen molar-refractivity contribution in [3.8, 4) is 0 Å². The van der Waals surface area contributed by atoms with E-state index in [1.807, 2.05) is 35.2 Å². The molecule has 0 saturated carbocycles. The molecular weight excluding hydrogens is 560 g/mol. The van der Waals surface area contributed by atoms with E-state index in [0.717, 1.165) is 10.0 Å². The maximum atomic E-state index is 13.3. The van der Waals surface area contributed by atoms with Gasteiger partial charge in [-0.15, -0.1) is 0 Å². The first-order chi connectivity index (χ1) is 20.1. The number of amides is 1. The highest BCUT2D eigenvalue weighted by Gasteiger charge is 2.30. The molecule has 0 spiro atoms. The molecule has 1 heterocycles. The number of likely N-dealkylation sites (N-methyl/N-ethyl adjacent to an activating group) is 1. The lowest BCUT2D eigenvalue weighted by molar-refractivity contribution is -0.110. The number of carbonyl (C=O) groups is 2. The van der Waals surface area contributed by atoms with Gasteiger partial charge in [0.2, 0.25) is 0 Å². The molecule has 0 fully saturated rings. The van der Waals surface area contributed by atoms with Gasteiger partial charge in [0.15, 0.2) is 0 Å². The molecular formula is C30H34N4O7S. The monoisotopic (exact) mass is 594 g/mol. The summed E-state index contributed by atoms with van der Waals surface area (Å²) < 4.78 is 31.8. The number of sulfonamides is 1. The predicted octanol–water partition coefficient (Wildman–Crippen LogP) is 3.19. The van der Waals surface area contributed by atoms with Gasteiger partial charge in [0.05, 0.1) is 47.7 Å². The van der Waals surface area contributed by atoms with Crippen LogP contribution in [0.2, 0.25) is 0 Å². The number of hydrogen-bond donors (Lipinski definition) is 3. The zero-order valence-electron chi connectivity index (χ0n) is 23.9. The molecule has 222 valence electrons. The highest BCUT2D eigenvalue weighted by atomic mass is 32.2. The summed E-state index contributed by atoms with van der Waals surface area (Å²) in [6.45, 7) is 2.80. The lowest BCUT2D eigenvalue weighted by Crippen LogP contribution is -2.32. The zero-order valence-corrected chi connectivity index (χ0v) is 24.7. The van der Waals surface area contributed by atoms with Crippen molar-refractivity contribution >= 4 is 44.5 Å². The van der Waals surface area contributed by atoms with Crippen molar-refractivity contribution in [1.29, 1.82) is 0 Å². The second-order valence-electron chi connectivity index (χ2n) is 9.70. The Labute approximate surface area is 245 Å². The van der Waals surface area contributed by atoms with Gasteiger partial charge in [0, 0.05) is 31.4 Å². The van der Waals surface area contributed by atoms with Gasteiger partial charge in [-0.25, -0.2) is 13.2 Å². The number of hydroxylamine groups is 1. The maximum absolute atomic E-state index is 13.3. The highest BCUT2D eigenvalue weighted by molar-refractivity contribution is 7.89. The van der Waals surface area contributed by atoms with Crippen molar-refractivity contribution in [2.75, 3.05) is 58.1 Å². The summed E-state index contributed by atoms with van der Waals surface area (Å²) in [4.78, 5) is 32.8. The van der Waals surface area contributed by atoms with Crippen LogP contribution in [-0.4, -0.2) is 82.3 Å². The number of aliphatic hydroxyl groups is 1. The fraction of sp³-hybridized carbons (Fsp3) is 0.267. The Bertz CT molecular complexity index is 1590. The van der Waals surface area contributed by atoms with Crippen molar-refractivity contribution in [2.24, 2.45) is 0 Å². The van der Waals surface area contributed by atoms with E-state index in [2.05, 4.69) is 10.6 Å². The quantitative estimate of drug-likeness (QED) is 0.164. The van der Waals surface area contributed by atoms with Crippen LogP contribution in [0, 0.1) is 6.92 Å². The average molecular weight is 595 g/mol. The Kier molecular flexibility index (Phi) is 9.76. The lowest BCUT2D eigenvalue weighted by atomic mass is 9.96. The molecule has 0 atom stereocenters. The Hall–Kier alpha value is -4.07. The fourth-order valence-electron chi connectivity index (χ4n) is 4.47. The van der Waals surface area contributed by atoms with Crippen LogP contribution in [0.15, 0.2) is 71.6 Å². The second kappa shape index (κ2) is 13.3. The molecule has 0 radical (unpaired) electrons. The average Bonchev–Trinajstić information content (AvgIpc) is 3.29. The summed E-state index contributed by atoms with van der Waals surface area (Å²) in [7, 11) is 0.503. The van der Waals surface area contributed by atoms with Crippen LogP contribution in [0.5, 0.6) is 0 Å². The lowest BCUT2D eigenvalue weighted by Gasteiger charge is -2.20. The number of hydrogen-bond acceptors (Lipinski definition) is 9. The Morgan fingerprint density at radius 2 is 1.71 bits per heavy atom. The number of aryl methyl sites for hydroxylation is 1. The number of rotatable bonds is 12. The zero-order chi connectivity index (χ0) is 30.4. The summed E-state index contributed by atoms with van der Waals surface area (Å²) in [6.07, 6.45) is 0. The first kappa shape index (κ1) is 30.9. The summed E-state index contributed by atoms with van der Waals surface area (Å²) in [6, 6.07) is 18.8. The number of nitrogens with one attached hydrogen (secondary N) is 2. The molecule has 1 amide bonds. The minimum atomic E-state index is -3.93. The van der Waals surface area contributed by atoms with Gasteiger partial charge in [-0.1, -0.05) is 34.8 Å². The van der Waals surface area contributed by atoms with Gasteiger partial charge in [-0.05, 0) is 61.5 Å². The van der Waals surface area contributed by atoms with Crippen LogP contribution >= 0.6 is 0 Å². The summed E-state index contributed by atoms with van der Waals surface area (Å²) in [5.74, 6) is -0.844. The summed E-state index contributed by atoms with van der Waals surface area (Å²) >= 11 is 0. The highest BCUT2D eigenvalue weighted by Crippen LogP contribution is 2.39. The number of anilines is 2. The number of esters is 1. The number of nitrogens with zero attached hydrogens (tertiary/aromatic N) is 2. The van der Waals surface area contributed by atoms with Gasteiger partial charge < -0.3 is 25.4 Å². The van der Waals surface area contributed by atoms with Gasteiger partial charge in [0.25, 0.3) is 15.9 Å². The second-order valence-corrected chi connectivity index (χ2v) is 11.6. The number of aliphatic hydroxyl groups excluding tert-OH is 1. The maximum Gasteiger partial charge on any atom is 0.338 e. The molecule has 12 heteroatoms. The smallest absolute Gasteiger partial charge is 0.338 e. The third-order valence-electron chi connectivity index (χ3n) is 6.81. The number of fused-ring (bicyclic) bond motifs is 1. The van der Waals surface area contributed by atoms with E-state index in [1.165, 1.54) is 26.3 Å². The van der Waals surface area contributed by atoms with Crippen molar-refractivity contribution in [3.63, 3.8) is 0 Å². The molecule has 0 unspecified atom stereocenters. The van der Waals surface area contributed by atoms with Crippen molar-refractivity contribution in [2.45, 2.75) is 11.8 Å². The molecule has 1 aliphatic rings. The fourth-order valence-corrected chi connectivity index (χ4v) is 5.46. The van der Waals surface area contributed by atoms with Crippen molar-refractivity contribution in [1.82, 2.24) is 9.37 Å². The van der Waals surface area contributed by atoms with E-state index < -0.39 is 16.0 Å². The van der Waals surface area contributed by atoms with Crippen LogP contribution in [0.1, 0.15) is 27.0 Å². The first-order valence-electron chi connectivity index (χ1n) is 13.2. The third-order valence-corrected chi connectivity index (χ3v) is 8.46. The van der Waals surface area contributed by atoms with Gasteiger partial charge in [-0.3, -0.25) is 9.63 Å². The number of ether oxygens (including phenoxy) is 1. The molecule has 0 aromatic heterocycles. The van der Waals surface area contributed by atoms with E-state index in [-0.39, 0.29) is 24.0 Å². The topological polar surface area (TPSA) is 138 Å². The van der Waals surface area contributed by atoms with Crippen LogP contribution in [0.3, 0.4) is 0 Å². The van der Waals surface area contributed by atoms with E-state index in [1.54, 1.807) is 38.2 Å². The molecule has 0 aliphatic carbocycles. The van der Waals surface area contributed by atoms with Crippen LogP contribution in [0.25, 0.3) is 11.3 Å². The summed E-state index contributed by atoms with van der Waals surface area (Å²) in [5.41, 5.74) is 4.31. The molecule has 0 saturated heterocycles. The van der Waals surface area contributed by atoms with E-state index >= 15 is 0 Å². The van der Waals surface area contributed by atoms with Gasteiger partial charge in [0.1, 0.15) is 0 Å². The molecule has 3 N–H and O–H groups in total. The predicted molar refractivity (Wildman–Crippen MR) is 160 cm³/mol. The Balaban J connectivity index is 1.64. The van der Waals surface area contributed by atoms with E-state index in [0.29, 0.717) is 52.4 Å². The molecule has 3 aromatic rings. The number of methoxy groups -OCH3 is 1. The van der Waals surface area contributed by atoms with Crippen LogP contribution < -0.4 is 10.6 Å². The van der Waals surface area contributed by atoms with Gasteiger partial charge >= 0.3 is 5.97 Å². The van der Waals surface area contributed by atoms with Crippen LogP contribution in [0.4, 0.5) is 11.4 Å². The van der Waals surface area contributed by atoms with Crippen LogP contribution in [-0.2, 0) is 24.4 Å². The molecule has 3 aromatic carbocycles. The Morgan fingerprint density at radius 3 is 2.36 bits per heavy atom. The molecule has 42 heavy (non-hydrogen) atoms. The summed E-state index contributed by atoms with van der Waals surface area (Å²) in [5, 5.41) is 15.1. The standard InChI is InChI=1S/C30H34N4O7S/c1-20-18-25-26(19-24(20)30(37)40-4)32-29(36)27(25)28(21-8-6-5-7-9-21)31-22-10-12-23(13-11-22)42(38,39)34(3)41-17-15-33(2)14-16-35/h5-13,18-19,31,35H,14-17H2,1-4H3,(H,32,36)/b28-27-. The normalized spacial score (nSPS) is 14.1. The SMILES string of the molecule is COC(=O)c1cc2c(cc1C)/C(=C(/Nc1ccc(S(=O)(=O)N(C)OCCN(C)CCO)cc1)c1ccccc1)C(=O)N2. The molecule has 4 rings (SSSR count). The molecule has 0 bridgehead atoms. The molecule has 1 aliphatic heterocycles. The molecule has 11 nitrogen and oxygen atoms in total. The largest absolute Gasteiger partial charge is 0.465 e. The van der Waals surface area contributed by atoms with E-state index in [4.69, 9.17) is 14.7 Å². The van der Waals surface area contributed by atoms with Gasteiger partial charge in [-0.2, -0.15) is 0 Å². The van der Waals surface area contributed by atoms with E-state index in [9.17, 15) is 18.0 Å². The minimum Gasteiger partial charge on any atom is -0.465 e. The minimum absolute atomic E-state index is 0.000835. The number of carbonyl (C=O) groups excluding carboxylic acids is 2. The number of benzene rings is 3. The Morgan fingerprint density at radius 1 is 1.02 bits per heavy atom.